The number of hydrogen-bond acceptors (Lipinski definition) is 7. The van der Waals surface area contributed by atoms with Crippen LogP contribution in [-0.4, -0.2) is 66.9 Å². The smallest absolute Gasteiger partial charge is 0.420 e. The van der Waals surface area contributed by atoms with Crippen LogP contribution in [0.2, 0.25) is 0 Å². The number of nitrogens with one attached hydrogen (secondary N) is 2. The van der Waals surface area contributed by atoms with Crippen molar-refractivity contribution in [2.45, 2.75) is 24.5 Å². The van der Waals surface area contributed by atoms with E-state index in [1.165, 1.54) is 31.9 Å². The molecule has 2 N–H and O–H groups in total. The molecule has 0 aliphatic carbocycles. The maximum absolute atomic E-state index is 13.6. The van der Waals surface area contributed by atoms with Gasteiger partial charge < -0.3 is 20.1 Å². The Hall–Kier alpha value is -3.55. The fourth-order valence-corrected chi connectivity index (χ4v) is 3.00. The Morgan fingerprint density at radius 2 is 1.79 bits per heavy atom. The lowest BCUT2D eigenvalue weighted by atomic mass is 9.52. The number of halogens is 3. The van der Waals surface area contributed by atoms with E-state index in [0.717, 1.165) is 17.1 Å². The summed E-state index contributed by atoms with van der Waals surface area (Å²) in [6.45, 7) is 1.76. The van der Waals surface area contributed by atoms with Crippen LogP contribution in [0.15, 0.2) is 37.1 Å². The minimum Gasteiger partial charge on any atom is -0.512 e. The van der Waals surface area contributed by atoms with E-state index < -0.39 is 35.0 Å². The summed E-state index contributed by atoms with van der Waals surface area (Å²) in [6, 6.07) is -0.0550. The van der Waals surface area contributed by atoms with Gasteiger partial charge in [0, 0.05) is 18.0 Å². The van der Waals surface area contributed by atoms with Crippen molar-refractivity contribution in [1.29, 1.82) is 0 Å². The SMILES string of the molecule is BC(B)(B)Oc1cncc(NC(=O)Nc2cnc(-n3nccn3)c(C(F)(F)F)c2)c1[C@H](C)OC. The van der Waals surface area contributed by atoms with Crippen LogP contribution < -0.4 is 15.4 Å². The quantitative estimate of drug-likeness (QED) is 0.476. The summed E-state index contributed by atoms with van der Waals surface area (Å²) in [5.41, 5.74) is -0.499. The number of hydrogen-bond donors (Lipinski definition) is 2. The van der Waals surface area contributed by atoms with Crippen molar-refractivity contribution < 1.29 is 27.4 Å². The topological polar surface area (TPSA) is 116 Å². The molecule has 3 heterocycles. The first-order chi connectivity index (χ1) is 15.9. The first-order valence-corrected chi connectivity index (χ1v) is 10.1. The summed E-state index contributed by atoms with van der Waals surface area (Å²) in [5.74, 6) is -0.118. The van der Waals surface area contributed by atoms with Gasteiger partial charge >= 0.3 is 12.2 Å². The molecule has 16 heteroatoms. The Kier molecular flexibility index (Phi) is 7.19. The van der Waals surface area contributed by atoms with Gasteiger partial charge in [-0.15, -0.1) is 4.80 Å². The maximum atomic E-state index is 13.6. The van der Waals surface area contributed by atoms with E-state index in [1.54, 1.807) is 6.92 Å². The molecule has 3 aromatic rings. The Morgan fingerprint density at radius 3 is 2.38 bits per heavy atom. The molecule has 1 atom stereocenters. The number of nitrogens with zero attached hydrogens (tertiary/aromatic N) is 5. The third-order valence-electron chi connectivity index (χ3n) is 4.41. The van der Waals surface area contributed by atoms with Crippen LogP contribution in [-0.2, 0) is 10.9 Å². The molecule has 0 saturated carbocycles. The van der Waals surface area contributed by atoms with E-state index in [0.29, 0.717) is 11.3 Å². The van der Waals surface area contributed by atoms with Gasteiger partial charge in [0.25, 0.3) is 0 Å². The lowest BCUT2D eigenvalue weighted by Crippen LogP contribution is -2.38. The van der Waals surface area contributed by atoms with Crippen molar-refractivity contribution in [1.82, 2.24) is 25.0 Å². The summed E-state index contributed by atoms with van der Waals surface area (Å²) in [6.07, 6.45) is 1.19. The van der Waals surface area contributed by atoms with Crippen LogP contribution in [0.3, 0.4) is 0 Å². The Labute approximate surface area is 195 Å². The van der Waals surface area contributed by atoms with Crippen LogP contribution >= 0.6 is 0 Å². The molecule has 3 aromatic heterocycles. The lowest BCUT2D eigenvalue weighted by molar-refractivity contribution is -0.137. The fourth-order valence-electron chi connectivity index (χ4n) is 3.00. The minimum absolute atomic E-state index is 0.183. The Bertz CT molecular complexity index is 1160. The molecule has 0 aliphatic rings. The molecule has 0 aromatic carbocycles. The predicted molar refractivity (Wildman–Crippen MR) is 125 cm³/mol. The number of methoxy groups -OCH3 is 1. The van der Waals surface area contributed by atoms with Crippen LogP contribution in [0.25, 0.3) is 5.82 Å². The first-order valence-electron chi connectivity index (χ1n) is 10.1. The number of carbonyl (C=O) groups excluding carboxylic acids is 1. The van der Waals surface area contributed by atoms with E-state index in [2.05, 4.69) is 30.8 Å². The van der Waals surface area contributed by atoms with Gasteiger partial charge in [-0.2, -0.15) is 23.4 Å². The normalized spacial score (nSPS) is 12.7. The highest BCUT2D eigenvalue weighted by atomic mass is 19.4. The van der Waals surface area contributed by atoms with Crippen molar-refractivity contribution >= 4 is 40.9 Å². The molecule has 0 radical (unpaired) electrons. The third-order valence-corrected chi connectivity index (χ3v) is 4.41. The molecule has 34 heavy (non-hydrogen) atoms. The molecular weight excluding hydrogens is 452 g/mol. The number of rotatable bonds is 7. The van der Waals surface area contributed by atoms with Gasteiger partial charge in [-0.3, -0.25) is 4.98 Å². The van der Waals surface area contributed by atoms with E-state index in [-0.39, 0.29) is 11.4 Å². The fraction of sp³-hybridized carbons (Fsp3) is 0.278. The van der Waals surface area contributed by atoms with E-state index >= 15 is 0 Å². The molecule has 0 saturated heterocycles. The zero-order valence-electron chi connectivity index (χ0n) is 19.1. The molecule has 0 unspecified atom stereocenters. The second kappa shape index (κ2) is 9.75. The molecule has 3 rings (SSSR count). The molecule has 176 valence electrons. The number of ether oxygens (including phenoxy) is 2. The maximum Gasteiger partial charge on any atom is 0.420 e. The molecular formula is C18H21B3F3N7O3. The second-order valence-electron chi connectivity index (χ2n) is 8.18. The highest BCUT2D eigenvalue weighted by Gasteiger charge is 2.36. The standard InChI is InChI=1S/C18H21B3F3N7O3/c1-9(33-2)14-12(7-25-8-13(14)34-18(19,20)21)30-16(32)29-10-5-11(17(22,23)24)15(26-6-10)31-27-3-4-28-31/h3-9H,19-21H2,1-2H3,(H2,29,30,32)/t9-/m0/s1. The first kappa shape index (κ1) is 25.1. The third kappa shape index (κ3) is 6.07. The summed E-state index contributed by atoms with van der Waals surface area (Å²) < 4.78 is 52.1. The van der Waals surface area contributed by atoms with E-state index in [4.69, 9.17) is 9.47 Å². The van der Waals surface area contributed by atoms with Gasteiger partial charge in [-0.05, 0) is 13.0 Å². The molecule has 0 spiro atoms. The Morgan fingerprint density at radius 1 is 1.12 bits per heavy atom. The number of urea groups is 1. The highest BCUT2D eigenvalue weighted by molar-refractivity contribution is 6.58. The number of aromatic nitrogens is 5. The average Bonchev–Trinajstić information content (AvgIpc) is 3.26. The number of amides is 2. The lowest BCUT2D eigenvalue weighted by Gasteiger charge is -2.26. The molecule has 10 nitrogen and oxygen atoms in total. The summed E-state index contributed by atoms with van der Waals surface area (Å²) in [4.78, 5) is 21.3. The van der Waals surface area contributed by atoms with Gasteiger partial charge in [0.15, 0.2) is 5.82 Å². The van der Waals surface area contributed by atoms with E-state index in [1.807, 2.05) is 23.5 Å². The van der Waals surface area contributed by atoms with Crippen molar-refractivity contribution in [2.75, 3.05) is 17.7 Å². The highest BCUT2D eigenvalue weighted by Crippen LogP contribution is 2.35. The van der Waals surface area contributed by atoms with Crippen LogP contribution in [0.4, 0.5) is 29.3 Å². The summed E-state index contributed by atoms with van der Waals surface area (Å²) in [7, 11) is 7.06. The molecule has 0 bridgehead atoms. The van der Waals surface area contributed by atoms with Crippen LogP contribution in [0, 0.1) is 0 Å². The van der Waals surface area contributed by atoms with Gasteiger partial charge in [0.2, 0.25) is 0 Å². The van der Waals surface area contributed by atoms with Crippen molar-refractivity contribution in [3.63, 3.8) is 0 Å². The monoisotopic (exact) mass is 473 g/mol. The van der Waals surface area contributed by atoms with Gasteiger partial charge in [-0.25, -0.2) is 9.78 Å². The number of pyridine rings is 2. The van der Waals surface area contributed by atoms with Gasteiger partial charge in [0.05, 0.1) is 48.5 Å². The van der Waals surface area contributed by atoms with Crippen LogP contribution in [0.5, 0.6) is 5.75 Å². The van der Waals surface area contributed by atoms with Gasteiger partial charge in [-0.1, -0.05) is 0 Å². The molecule has 0 fully saturated rings. The Balaban J connectivity index is 1.88. The van der Waals surface area contributed by atoms with Gasteiger partial charge in [0.1, 0.15) is 34.9 Å². The number of alkyl halides is 3. The predicted octanol–water partition coefficient (Wildman–Crippen LogP) is 0.317. The van der Waals surface area contributed by atoms with Crippen molar-refractivity contribution in [3.8, 4) is 11.6 Å². The summed E-state index contributed by atoms with van der Waals surface area (Å²) >= 11 is 0. The minimum atomic E-state index is -4.76. The number of carbonyl (C=O) groups is 1. The zero-order chi connectivity index (χ0) is 25.1. The molecule has 2 amide bonds. The van der Waals surface area contributed by atoms with Crippen molar-refractivity contribution in [3.05, 3.63) is 48.2 Å². The van der Waals surface area contributed by atoms with Crippen LogP contribution in [0.1, 0.15) is 24.2 Å². The second-order valence-corrected chi connectivity index (χ2v) is 8.18. The van der Waals surface area contributed by atoms with Crippen molar-refractivity contribution in [2.24, 2.45) is 0 Å². The zero-order valence-corrected chi connectivity index (χ0v) is 19.1. The average molecular weight is 473 g/mol. The molecule has 0 aliphatic heterocycles. The number of anilines is 2. The largest absolute Gasteiger partial charge is 0.512 e. The summed E-state index contributed by atoms with van der Waals surface area (Å²) in [5, 5.41) is 11.8. The van der Waals surface area contributed by atoms with E-state index in [9.17, 15) is 18.0 Å².